The van der Waals surface area contributed by atoms with Gasteiger partial charge in [-0.1, -0.05) is 36.6 Å². The molecule has 0 radical (unpaired) electrons. The van der Waals surface area contributed by atoms with Crippen LogP contribution < -0.4 is 5.32 Å². The summed E-state index contributed by atoms with van der Waals surface area (Å²) in [6, 6.07) is 9.07. The first-order valence-electron chi connectivity index (χ1n) is 8.32. The van der Waals surface area contributed by atoms with Crippen molar-refractivity contribution in [3.63, 3.8) is 0 Å². The Bertz CT molecular complexity index is 464. The van der Waals surface area contributed by atoms with Crippen molar-refractivity contribution in [1.82, 2.24) is 10.2 Å². The lowest BCUT2D eigenvalue weighted by atomic mass is 9.85. The van der Waals surface area contributed by atoms with Crippen LogP contribution in [-0.2, 0) is 6.54 Å². The predicted molar refractivity (Wildman–Crippen MR) is 89.7 cm³/mol. The Labute approximate surface area is 133 Å². The van der Waals surface area contributed by atoms with E-state index in [0.717, 1.165) is 17.6 Å². The fraction of sp³-hybridized carbons (Fsp3) is 0.667. The fourth-order valence-corrected chi connectivity index (χ4v) is 3.95. The smallest absolute Gasteiger partial charge is 0.0409 e. The van der Waals surface area contributed by atoms with Crippen molar-refractivity contribution in [1.29, 1.82) is 0 Å². The third-order valence-corrected chi connectivity index (χ3v) is 5.19. The molecule has 0 amide bonds. The molecule has 0 unspecified atom stereocenters. The van der Waals surface area contributed by atoms with Gasteiger partial charge < -0.3 is 10.2 Å². The lowest BCUT2D eigenvalue weighted by molar-refractivity contribution is 0.167. The second-order valence-electron chi connectivity index (χ2n) is 7.16. The lowest BCUT2D eigenvalue weighted by Crippen LogP contribution is -2.41. The monoisotopic (exact) mass is 306 g/mol. The Morgan fingerprint density at radius 2 is 2.05 bits per heavy atom. The van der Waals surface area contributed by atoms with Gasteiger partial charge in [-0.05, 0) is 55.8 Å². The summed E-state index contributed by atoms with van der Waals surface area (Å²) in [5, 5.41) is 4.61. The van der Waals surface area contributed by atoms with Gasteiger partial charge in [0.25, 0.3) is 0 Å². The molecular formula is C18H27ClN2. The van der Waals surface area contributed by atoms with Crippen LogP contribution in [0.4, 0.5) is 0 Å². The lowest BCUT2D eigenvalue weighted by Gasteiger charge is -2.34. The van der Waals surface area contributed by atoms with E-state index in [0.29, 0.717) is 5.41 Å². The number of hydrogen-bond donors (Lipinski definition) is 1. The average molecular weight is 307 g/mol. The van der Waals surface area contributed by atoms with E-state index in [9.17, 15) is 0 Å². The van der Waals surface area contributed by atoms with Crippen molar-refractivity contribution >= 4 is 11.6 Å². The number of halogens is 1. The summed E-state index contributed by atoms with van der Waals surface area (Å²) in [5.74, 6) is 0. The van der Waals surface area contributed by atoms with Crippen LogP contribution >= 0.6 is 11.6 Å². The molecule has 2 aliphatic rings. The summed E-state index contributed by atoms with van der Waals surface area (Å²) in [4.78, 5) is 2.48. The average Bonchev–Trinajstić information content (AvgIpc) is 3.17. The SMILES string of the molecule is CN(Cc1cccc(Cl)c1)CC1(CNC2CC2)CCCC1. The maximum atomic E-state index is 6.09. The summed E-state index contributed by atoms with van der Waals surface area (Å²) in [6.45, 7) is 3.39. The predicted octanol–water partition coefficient (Wildman–Crippen LogP) is 4.08. The van der Waals surface area contributed by atoms with E-state index >= 15 is 0 Å². The minimum atomic E-state index is 0.496. The van der Waals surface area contributed by atoms with Gasteiger partial charge in [0.15, 0.2) is 0 Å². The van der Waals surface area contributed by atoms with E-state index in [1.54, 1.807) is 0 Å². The molecule has 116 valence electrons. The number of rotatable bonds is 7. The molecular weight excluding hydrogens is 280 g/mol. The number of benzene rings is 1. The first kappa shape index (κ1) is 15.3. The van der Waals surface area contributed by atoms with Crippen molar-refractivity contribution in [2.75, 3.05) is 20.1 Å². The van der Waals surface area contributed by atoms with Gasteiger partial charge in [-0.2, -0.15) is 0 Å². The molecule has 2 nitrogen and oxygen atoms in total. The molecule has 1 N–H and O–H groups in total. The minimum Gasteiger partial charge on any atom is -0.313 e. The van der Waals surface area contributed by atoms with E-state index < -0.39 is 0 Å². The molecule has 3 heteroatoms. The first-order chi connectivity index (χ1) is 10.2. The first-order valence-corrected chi connectivity index (χ1v) is 8.69. The molecule has 0 saturated heterocycles. The molecule has 0 aliphatic heterocycles. The van der Waals surface area contributed by atoms with Crippen LogP contribution in [0, 0.1) is 5.41 Å². The van der Waals surface area contributed by atoms with Crippen molar-refractivity contribution in [2.45, 2.75) is 51.1 Å². The van der Waals surface area contributed by atoms with Crippen LogP contribution in [0.15, 0.2) is 24.3 Å². The maximum absolute atomic E-state index is 6.09. The zero-order chi connectivity index (χ0) is 14.7. The molecule has 1 aromatic rings. The van der Waals surface area contributed by atoms with Crippen molar-refractivity contribution < 1.29 is 0 Å². The van der Waals surface area contributed by atoms with Gasteiger partial charge in [0.1, 0.15) is 0 Å². The van der Waals surface area contributed by atoms with Gasteiger partial charge >= 0.3 is 0 Å². The molecule has 0 aromatic heterocycles. The van der Waals surface area contributed by atoms with Gasteiger partial charge in [0, 0.05) is 30.7 Å². The topological polar surface area (TPSA) is 15.3 Å². The zero-order valence-corrected chi connectivity index (χ0v) is 13.8. The molecule has 0 bridgehead atoms. The Morgan fingerprint density at radius 3 is 2.71 bits per heavy atom. The highest BCUT2D eigenvalue weighted by Crippen LogP contribution is 2.39. The molecule has 2 fully saturated rings. The summed E-state index contributed by atoms with van der Waals surface area (Å²) in [7, 11) is 2.25. The van der Waals surface area contributed by atoms with Crippen molar-refractivity contribution in [3.05, 3.63) is 34.9 Å². The number of nitrogens with zero attached hydrogens (tertiary/aromatic N) is 1. The Kier molecular flexibility index (Phi) is 4.88. The number of nitrogens with one attached hydrogen (secondary N) is 1. The maximum Gasteiger partial charge on any atom is 0.0409 e. The molecule has 0 atom stereocenters. The summed E-state index contributed by atoms with van der Waals surface area (Å²) in [5.41, 5.74) is 1.81. The van der Waals surface area contributed by atoms with Gasteiger partial charge in [0.05, 0.1) is 0 Å². The molecule has 2 saturated carbocycles. The standard InChI is InChI=1S/C18H27ClN2/c1-21(12-15-5-4-6-16(19)11-15)14-18(9-2-3-10-18)13-20-17-7-8-17/h4-6,11,17,20H,2-3,7-10,12-14H2,1H3. The van der Waals surface area contributed by atoms with E-state index in [2.05, 4.69) is 29.4 Å². The summed E-state index contributed by atoms with van der Waals surface area (Å²) < 4.78 is 0. The minimum absolute atomic E-state index is 0.496. The molecule has 0 spiro atoms. The second-order valence-corrected chi connectivity index (χ2v) is 7.60. The zero-order valence-electron chi connectivity index (χ0n) is 13.1. The second kappa shape index (κ2) is 6.68. The van der Waals surface area contributed by atoms with Crippen LogP contribution in [0.1, 0.15) is 44.1 Å². The molecule has 2 aliphatic carbocycles. The number of hydrogen-bond acceptors (Lipinski definition) is 2. The van der Waals surface area contributed by atoms with Crippen molar-refractivity contribution in [2.24, 2.45) is 5.41 Å². The van der Waals surface area contributed by atoms with Gasteiger partial charge in [0.2, 0.25) is 0 Å². The normalized spacial score (nSPS) is 21.1. The highest BCUT2D eigenvalue weighted by atomic mass is 35.5. The van der Waals surface area contributed by atoms with Gasteiger partial charge in [-0.15, -0.1) is 0 Å². The summed E-state index contributed by atoms with van der Waals surface area (Å²) in [6.07, 6.45) is 8.33. The quantitative estimate of drug-likeness (QED) is 0.816. The Hall–Kier alpha value is -0.570. The van der Waals surface area contributed by atoms with Gasteiger partial charge in [-0.3, -0.25) is 0 Å². The molecule has 21 heavy (non-hydrogen) atoms. The fourth-order valence-electron chi connectivity index (χ4n) is 3.74. The van der Waals surface area contributed by atoms with E-state index in [1.807, 2.05) is 12.1 Å². The third kappa shape index (κ3) is 4.45. The third-order valence-electron chi connectivity index (χ3n) is 4.95. The van der Waals surface area contributed by atoms with Crippen LogP contribution in [0.3, 0.4) is 0 Å². The molecule has 0 heterocycles. The summed E-state index contributed by atoms with van der Waals surface area (Å²) >= 11 is 6.09. The van der Waals surface area contributed by atoms with E-state index in [-0.39, 0.29) is 0 Å². The van der Waals surface area contributed by atoms with Gasteiger partial charge in [-0.25, -0.2) is 0 Å². The largest absolute Gasteiger partial charge is 0.313 e. The Balaban J connectivity index is 1.56. The van der Waals surface area contributed by atoms with Crippen molar-refractivity contribution in [3.8, 4) is 0 Å². The van der Waals surface area contributed by atoms with E-state index in [1.165, 1.54) is 57.2 Å². The molecule has 1 aromatic carbocycles. The van der Waals surface area contributed by atoms with Crippen LogP contribution in [0.2, 0.25) is 5.02 Å². The highest BCUT2D eigenvalue weighted by Gasteiger charge is 2.36. The van der Waals surface area contributed by atoms with E-state index in [4.69, 9.17) is 11.6 Å². The van der Waals surface area contributed by atoms with Crippen LogP contribution in [0.5, 0.6) is 0 Å². The molecule has 3 rings (SSSR count). The van der Waals surface area contributed by atoms with Crippen LogP contribution in [-0.4, -0.2) is 31.1 Å². The van der Waals surface area contributed by atoms with Crippen LogP contribution in [0.25, 0.3) is 0 Å². The Morgan fingerprint density at radius 1 is 1.29 bits per heavy atom. The highest BCUT2D eigenvalue weighted by molar-refractivity contribution is 6.30.